The van der Waals surface area contributed by atoms with E-state index in [0.717, 1.165) is 11.1 Å². The molecule has 0 fully saturated rings. The fourth-order valence-corrected chi connectivity index (χ4v) is 3.46. The number of ether oxygens (including phenoxy) is 1. The maximum Gasteiger partial charge on any atom is 0.296 e. The van der Waals surface area contributed by atoms with Crippen LogP contribution in [0.5, 0.6) is 5.75 Å². The third kappa shape index (κ3) is 3.90. The van der Waals surface area contributed by atoms with Crippen LogP contribution in [0.25, 0.3) is 10.9 Å². The Labute approximate surface area is 178 Å². The van der Waals surface area contributed by atoms with Gasteiger partial charge in [-0.3, -0.25) is 14.6 Å². The number of aromatic nitrogens is 2. The highest BCUT2D eigenvalue weighted by atomic mass is 35.5. The zero-order chi connectivity index (χ0) is 21.1. The van der Waals surface area contributed by atoms with E-state index in [-0.39, 0.29) is 0 Å². The summed E-state index contributed by atoms with van der Waals surface area (Å²) in [7, 11) is 1.57. The van der Waals surface area contributed by atoms with Gasteiger partial charge in [-0.2, -0.15) is 0 Å². The predicted molar refractivity (Wildman–Crippen MR) is 116 cm³/mol. The van der Waals surface area contributed by atoms with Crippen molar-refractivity contribution in [2.24, 2.45) is 0 Å². The summed E-state index contributed by atoms with van der Waals surface area (Å²) in [5, 5.41) is 3.89. The van der Waals surface area contributed by atoms with Gasteiger partial charge in [-0.05, 0) is 35.9 Å². The second-order valence-corrected chi connectivity index (χ2v) is 7.11. The number of pyridine rings is 1. The quantitative estimate of drug-likeness (QED) is 0.367. The molecule has 2 aromatic carbocycles. The molecular formula is C23H18ClN3O3. The van der Waals surface area contributed by atoms with E-state index in [4.69, 9.17) is 16.3 Å². The maximum atomic E-state index is 13.0. The first-order valence-electron chi connectivity index (χ1n) is 9.23. The number of nitrogens with zero attached hydrogens (tertiary/aromatic N) is 2. The van der Waals surface area contributed by atoms with Gasteiger partial charge in [-0.25, -0.2) is 0 Å². The van der Waals surface area contributed by atoms with Gasteiger partial charge >= 0.3 is 0 Å². The third-order valence-electron chi connectivity index (χ3n) is 4.72. The Kier molecular flexibility index (Phi) is 5.50. The fourth-order valence-electron chi connectivity index (χ4n) is 3.33. The van der Waals surface area contributed by atoms with Crippen molar-refractivity contribution in [3.63, 3.8) is 0 Å². The van der Waals surface area contributed by atoms with Crippen molar-refractivity contribution in [2.75, 3.05) is 12.4 Å². The molecule has 0 saturated heterocycles. The van der Waals surface area contributed by atoms with E-state index in [1.54, 1.807) is 43.8 Å². The highest BCUT2D eigenvalue weighted by Crippen LogP contribution is 2.31. The Morgan fingerprint density at radius 1 is 1.10 bits per heavy atom. The van der Waals surface area contributed by atoms with Gasteiger partial charge in [0.05, 0.1) is 30.1 Å². The van der Waals surface area contributed by atoms with E-state index >= 15 is 0 Å². The van der Waals surface area contributed by atoms with Crippen molar-refractivity contribution >= 4 is 39.9 Å². The molecule has 150 valence electrons. The van der Waals surface area contributed by atoms with Crippen LogP contribution < -0.4 is 10.1 Å². The number of para-hydroxylation sites is 1. The Bertz CT molecular complexity index is 1220. The average molecular weight is 420 g/mol. The predicted octanol–water partition coefficient (Wildman–Crippen LogP) is 4.57. The lowest BCUT2D eigenvalue weighted by Crippen LogP contribution is -2.22. The van der Waals surface area contributed by atoms with Gasteiger partial charge in [0.25, 0.3) is 11.7 Å². The van der Waals surface area contributed by atoms with E-state index in [0.29, 0.717) is 34.0 Å². The molecule has 0 radical (unpaired) electrons. The van der Waals surface area contributed by atoms with Crippen molar-refractivity contribution in [1.29, 1.82) is 0 Å². The number of anilines is 1. The summed E-state index contributed by atoms with van der Waals surface area (Å²) in [6.07, 6.45) is 4.76. The summed E-state index contributed by atoms with van der Waals surface area (Å²) in [5.74, 6) is -0.739. The van der Waals surface area contributed by atoms with Crippen LogP contribution in [0.1, 0.15) is 15.9 Å². The number of hydrogen-bond acceptors (Lipinski definition) is 4. The van der Waals surface area contributed by atoms with Gasteiger partial charge in [0.2, 0.25) is 0 Å². The molecule has 4 rings (SSSR count). The average Bonchev–Trinajstić information content (AvgIpc) is 3.14. The minimum atomic E-state index is -0.726. The second-order valence-electron chi connectivity index (χ2n) is 6.68. The number of ketones is 1. The molecule has 2 heterocycles. The van der Waals surface area contributed by atoms with Crippen LogP contribution in [0, 0.1) is 0 Å². The lowest BCUT2D eigenvalue weighted by Gasteiger charge is -2.09. The number of halogens is 1. The maximum absolute atomic E-state index is 13.0. The first-order valence-corrected chi connectivity index (χ1v) is 9.60. The minimum Gasteiger partial charge on any atom is -0.495 e. The zero-order valence-corrected chi connectivity index (χ0v) is 16.9. The standard InChI is InChI=1S/C23H18ClN3O3/c1-30-20-6-2-5-18-19(22(28)23(29)26-17-4-3-11-25-12-17)14-27(21(18)20)13-15-7-9-16(24)10-8-15/h2-12,14H,13H2,1H3,(H,26,29). The largest absolute Gasteiger partial charge is 0.495 e. The van der Waals surface area contributed by atoms with Gasteiger partial charge in [0.1, 0.15) is 5.75 Å². The summed E-state index contributed by atoms with van der Waals surface area (Å²) in [6, 6.07) is 16.2. The van der Waals surface area contributed by atoms with Crippen LogP contribution in [-0.4, -0.2) is 28.4 Å². The number of hydrogen-bond donors (Lipinski definition) is 1. The van der Waals surface area contributed by atoms with Crippen LogP contribution in [0.3, 0.4) is 0 Å². The topological polar surface area (TPSA) is 73.2 Å². The van der Waals surface area contributed by atoms with Gasteiger partial charge in [-0.15, -0.1) is 0 Å². The molecule has 2 aromatic heterocycles. The van der Waals surface area contributed by atoms with Crippen LogP contribution >= 0.6 is 11.6 Å². The summed E-state index contributed by atoms with van der Waals surface area (Å²) in [5.41, 5.74) is 2.51. The number of carbonyl (C=O) groups excluding carboxylic acids is 2. The van der Waals surface area contributed by atoms with E-state index in [1.807, 2.05) is 34.9 Å². The first-order chi connectivity index (χ1) is 14.6. The highest BCUT2D eigenvalue weighted by molar-refractivity contribution is 6.48. The molecule has 6 nitrogen and oxygen atoms in total. The molecule has 0 spiro atoms. The summed E-state index contributed by atoms with van der Waals surface area (Å²) in [6.45, 7) is 0.492. The van der Waals surface area contributed by atoms with E-state index < -0.39 is 11.7 Å². The van der Waals surface area contributed by atoms with Crippen molar-refractivity contribution in [3.8, 4) is 5.75 Å². The molecule has 0 saturated carbocycles. The number of nitrogens with one attached hydrogen (secondary N) is 1. The summed E-state index contributed by atoms with van der Waals surface area (Å²) < 4.78 is 7.42. The Balaban J connectivity index is 1.73. The number of methoxy groups -OCH3 is 1. The van der Waals surface area contributed by atoms with Crippen molar-refractivity contribution in [3.05, 3.63) is 89.3 Å². The van der Waals surface area contributed by atoms with E-state index in [1.165, 1.54) is 6.20 Å². The number of rotatable bonds is 6. The smallest absolute Gasteiger partial charge is 0.296 e. The SMILES string of the molecule is COc1cccc2c(C(=O)C(=O)Nc3cccnc3)cn(Cc3ccc(Cl)cc3)c12. The van der Waals surface area contributed by atoms with Crippen LogP contribution in [0.4, 0.5) is 5.69 Å². The van der Waals surface area contributed by atoms with Gasteiger partial charge < -0.3 is 14.6 Å². The molecule has 0 atom stereocenters. The molecule has 0 aliphatic rings. The third-order valence-corrected chi connectivity index (χ3v) is 4.97. The Morgan fingerprint density at radius 3 is 2.60 bits per heavy atom. The fraction of sp³-hybridized carbons (Fsp3) is 0.0870. The Morgan fingerprint density at radius 2 is 1.90 bits per heavy atom. The van der Waals surface area contributed by atoms with Crippen LogP contribution in [-0.2, 0) is 11.3 Å². The van der Waals surface area contributed by atoms with Crippen molar-refractivity contribution in [2.45, 2.75) is 6.54 Å². The van der Waals surface area contributed by atoms with Crippen LogP contribution in [0.2, 0.25) is 5.02 Å². The summed E-state index contributed by atoms with van der Waals surface area (Å²) >= 11 is 5.98. The number of carbonyl (C=O) groups is 2. The molecule has 1 amide bonds. The Hall–Kier alpha value is -3.64. The van der Waals surface area contributed by atoms with E-state index in [9.17, 15) is 9.59 Å². The number of benzene rings is 2. The molecule has 7 heteroatoms. The molecule has 0 aliphatic carbocycles. The monoisotopic (exact) mass is 419 g/mol. The molecule has 30 heavy (non-hydrogen) atoms. The molecule has 0 bridgehead atoms. The van der Waals surface area contributed by atoms with Gasteiger partial charge in [0.15, 0.2) is 0 Å². The van der Waals surface area contributed by atoms with Crippen LogP contribution in [0.15, 0.2) is 73.2 Å². The minimum absolute atomic E-state index is 0.305. The number of amides is 1. The highest BCUT2D eigenvalue weighted by Gasteiger charge is 2.23. The zero-order valence-electron chi connectivity index (χ0n) is 16.1. The molecule has 1 N–H and O–H groups in total. The molecule has 0 aliphatic heterocycles. The number of Topliss-reactive ketones (excluding diaryl/α,β-unsaturated/α-hetero) is 1. The number of fused-ring (bicyclic) bond motifs is 1. The summed E-state index contributed by atoms with van der Waals surface area (Å²) in [4.78, 5) is 29.5. The van der Waals surface area contributed by atoms with Crippen molar-refractivity contribution < 1.29 is 14.3 Å². The lowest BCUT2D eigenvalue weighted by atomic mass is 10.1. The van der Waals surface area contributed by atoms with Gasteiger partial charge in [-0.1, -0.05) is 35.9 Å². The first kappa shape index (κ1) is 19.7. The normalized spacial score (nSPS) is 10.7. The molecule has 4 aromatic rings. The van der Waals surface area contributed by atoms with E-state index in [2.05, 4.69) is 10.3 Å². The molecule has 0 unspecified atom stereocenters. The molecular weight excluding hydrogens is 402 g/mol. The second kappa shape index (κ2) is 8.39. The van der Waals surface area contributed by atoms with Crippen molar-refractivity contribution in [1.82, 2.24) is 9.55 Å². The van der Waals surface area contributed by atoms with Gasteiger partial charge in [0, 0.05) is 29.3 Å². The lowest BCUT2D eigenvalue weighted by molar-refractivity contribution is -0.112.